The second-order valence-corrected chi connectivity index (χ2v) is 6.95. The first-order chi connectivity index (χ1) is 12.1. The fraction of sp³-hybridized carbons (Fsp3) is 0.550. The predicted molar refractivity (Wildman–Crippen MR) is 99.1 cm³/mol. The Labute approximate surface area is 155 Å². The Hall–Kier alpha value is -2.55. The van der Waals surface area contributed by atoms with E-state index in [1.165, 1.54) is 6.08 Å². The second-order valence-electron chi connectivity index (χ2n) is 6.95. The Balaban J connectivity index is 2.89. The molecule has 6 heteroatoms. The molecule has 0 unspecified atom stereocenters. The summed E-state index contributed by atoms with van der Waals surface area (Å²) in [7, 11) is 0. The van der Waals surface area contributed by atoms with Gasteiger partial charge in [-0.05, 0) is 57.7 Å². The van der Waals surface area contributed by atoms with Crippen LogP contribution in [0.15, 0.2) is 11.6 Å². The molecule has 0 fully saturated rings. The van der Waals surface area contributed by atoms with E-state index < -0.39 is 18.5 Å². The van der Waals surface area contributed by atoms with Crippen LogP contribution in [0.25, 0.3) is 6.08 Å². The van der Waals surface area contributed by atoms with Crippen LogP contribution in [0.3, 0.4) is 0 Å². The third-order valence-corrected chi connectivity index (χ3v) is 3.87. The number of ether oxygens (including phenoxy) is 2. The van der Waals surface area contributed by atoms with Crippen molar-refractivity contribution in [3.8, 4) is 6.07 Å². The summed E-state index contributed by atoms with van der Waals surface area (Å²) >= 11 is 0. The van der Waals surface area contributed by atoms with E-state index in [9.17, 15) is 14.9 Å². The SMILES string of the molecule is Cc1cc(/C=C(\C#N)C(=O)OCC(=O)OC(C)C)c(C)n1CCC(C)C. The van der Waals surface area contributed by atoms with Gasteiger partial charge >= 0.3 is 11.9 Å². The maximum absolute atomic E-state index is 12.1. The minimum absolute atomic E-state index is 0.147. The third-order valence-electron chi connectivity index (χ3n) is 3.87. The number of esters is 2. The van der Waals surface area contributed by atoms with E-state index in [0.717, 1.165) is 29.9 Å². The Morgan fingerprint density at radius 2 is 1.92 bits per heavy atom. The molecular formula is C20H28N2O4. The zero-order valence-electron chi connectivity index (χ0n) is 16.5. The van der Waals surface area contributed by atoms with Gasteiger partial charge in [0.2, 0.25) is 0 Å². The molecule has 0 N–H and O–H groups in total. The van der Waals surface area contributed by atoms with Crippen molar-refractivity contribution < 1.29 is 19.1 Å². The molecule has 0 amide bonds. The van der Waals surface area contributed by atoms with Crippen molar-refractivity contribution in [2.75, 3.05) is 6.61 Å². The molecule has 0 atom stereocenters. The molecule has 142 valence electrons. The molecule has 0 saturated carbocycles. The van der Waals surface area contributed by atoms with Crippen molar-refractivity contribution in [2.45, 2.75) is 60.6 Å². The lowest BCUT2D eigenvalue weighted by Crippen LogP contribution is -2.20. The fourth-order valence-corrected chi connectivity index (χ4v) is 2.50. The molecule has 0 bridgehead atoms. The molecule has 0 aromatic carbocycles. The maximum atomic E-state index is 12.1. The standard InChI is InChI=1S/C20H28N2O4/c1-13(2)7-8-22-15(5)9-17(16(22)6)10-18(11-21)20(24)25-12-19(23)26-14(3)4/h9-10,13-14H,7-8,12H2,1-6H3/b18-10+. The van der Waals surface area contributed by atoms with E-state index in [1.54, 1.807) is 13.8 Å². The van der Waals surface area contributed by atoms with Crippen molar-refractivity contribution in [2.24, 2.45) is 5.92 Å². The van der Waals surface area contributed by atoms with Gasteiger partial charge in [0.05, 0.1) is 6.10 Å². The minimum atomic E-state index is -0.833. The molecule has 0 radical (unpaired) electrons. The predicted octanol–water partition coefficient (Wildman–Crippen LogP) is 3.55. The quantitative estimate of drug-likeness (QED) is 0.402. The largest absolute Gasteiger partial charge is 0.460 e. The van der Waals surface area contributed by atoms with Gasteiger partial charge in [-0.1, -0.05) is 13.8 Å². The third kappa shape index (κ3) is 6.40. The van der Waals surface area contributed by atoms with E-state index >= 15 is 0 Å². The summed E-state index contributed by atoms with van der Waals surface area (Å²) in [5, 5.41) is 9.27. The number of nitrogens with zero attached hydrogens (tertiary/aromatic N) is 2. The molecule has 0 aliphatic heterocycles. The van der Waals surface area contributed by atoms with Crippen LogP contribution in [0.5, 0.6) is 0 Å². The second kappa shape index (κ2) is 9.81. The molecular weight excluding hydrogens is 332 g/mol. The summed E-state index contributed by atoms with van der Waals surface area (Å²) in [5.41, 5.74) is 2.71. The van der Waals surface area contributed by atoms with Gasteiger partial charge in [-0.2, -0.15) is 5.26 Å². The molecule has 1 heterocycles. The monoisotopic (exact) mass is 360 g/mol. The van der Waals surface area contributed by atoms with Crippen molar-refractivity contribution in [3.63, 3.8) is 0 Å². The molecule has 0 aliphatic rings. The van der Waals surface area contributed by atoms with E-state index in [2.05, 4.69) is 18.4 Å². The van der Waals surface area contributed by atoms with Crippen LogP contribution in [0, 0.1) is 31.1 Å². The molecule has 26 heavy (non-hydrogen) atoms. The van der Waals surface area contributed by atoms with Gasteiger partial charge in [-0.3, -0.25) is 0 Å². The highest BCUT2D eigenvalue weighted by molar-refractivity contribution is 5.98. The van der Waals surface area contributed by atoms with Crippen LogP contribution >= 0.6 is 0 Å². The maximum Gasteiger partial charge on any atom is 0.349 e. The minimum Gasteiger partial charge on any atom is -0.460 e. The van der Waals surface area contributed by atoms with E-state index in [4.69, 9.17) is 9.47 Å². The zero-order chi connectivity index (χ0) is 19.9. The number of aromatic nitrogens is 1. The highest BCUT2D eigenvalue weighted by atomic mass is 16.6. The van der Waals surface area contributed by atoms with Crippen LogP contribution in [0.1, 0.15) is 51.1 Å². The van der Waals surface area contributed by atoms with Crippen molar-refractivity contribution in [3.05, 3.63) is 28.6 Å². The van der Waals surface area contributed by atoms with Gasteiger partial charge in [0, 0.05) is 17.9 Å². The summed E-state index contributed by atoms with van der Waals surface area (Å²) in [6.07, 6.45) is 2.26. The smallest absolute Gasteiger partial charge is 0.349 e. The Morgan fingerprint density at radius 1 is 1.27 bits per heavy atom. The van der Waals surface area contributed by atoms with Gasteiger partial charge in [0.25, 0.3) is 0 Å². The van der Waals surface area contributed by atoms with Crippen molar-refractivity contribution >= 4 is 18.0 Å². The van der Waals surface area contributed by atoms with Crippen LogP contribution in [-0.2, 0) is 25.6 Å². The first-order valence-corrected chi connectivity index (χ1v) is 8.80. The van der Waals surface area contributed by atoms with Gasteiger partial charge in [-0.15, -0.1) is 0 Å². The van der Waals surface area contributed by atoms with Crippen LogP contribution in [0.2, 0.25) is 0 Å². The fourth-order valence-electron chi connectivity index (χ4n) is 2.50. The first-order valence-electron chi connectivity index (χ1n) is 8.80. The highest BCUT2D eigenvalue weighted by Crippen LogP contribution is 2.20. The highest BCUT2D eigenvalue weighted by Gasteiger charge is 2.16. The average Bonchev–Trinajstić information content (AvgIpc) is 2.81. The Kier molecular flexibility index (Phi) is 8.11. The summed E-state index contributed by atoms with van der Waals surface area (Å²) in [4.78, 5) is 23.5. The Bertz CT molecular complexity index is 721. The van der Waals surface area contributed by atoms with E-state index in [1.807, 2.05) is 26.0 Å². The molecule has 1 rings (SSSR count). The lowest BCUT2D eigenvalue weighted by molar-refractivity contribution is -0.159. The number of rotatable bonds is 8. The van der Waals surface area contributed by atoms with E-state index in [0.29, 0.717) is 5.92 Å². The molecule has 1 aromatic heterocycles. The number of aryl methyl sites for hydroxylation is 1. The topological polar surface area (TPSA) is 81.3 Å². The number of carbonyl (C=O) groups is 2. The average molecular weight is 360 g/mol. The number of hydrogen-bond donors (Lipinski definition) is 0. The van der Waals surface area contributed by atoms with Gasteiger partial charge in [-0.25, -0.2) is 9.59 Å². The van der Waals surface area contributed by atoms with Crippen LogP contribution in [-0.4, -0.2) is 29.2 Å². The van der Waals surface area contributed by atoms with E-state index in [-0.39, 0.29) is 11.7 Å². The Morgan fingerprint density at radius 3 is 2.46 bits per heavy atom. The number of hydrogen-bond acceptors (Lipinski definition) is 5. The summed E-state index contributed by atoms with van der Waals surface area (Å²) < 4.78 is 11.9. The van der Waals surface area contributed by atoms with Gasteiger partial charge in [0.15, 0.2) is 6.61 Å². The normalized spacial score (nSPS) is 11.6. The summed E-state index contributed by atoms with van der Waals surface area (Å²) in [6, 6.07) is 3.78. The number of nitriles is 1. The van der Waals surface area contributed by atoms with Crippen LogP contribution in [0.4, 0.5) is 0 Å². The summed E-state index contributed by atoms with van der Waals surface area (Å²) in [5.74, 6) is -0.886. The first kappa shape index (κ1) is 21.5. The number of carbonyl (C=O) groups excluding carboxylic acids is 2. The lowest BCUT2D eigenvalue weighted by Gasteiger charge is -2.11. The van der Waals surface area contributed by atoms with Crippen molar-refractivity contribution in [1.82, 2.24) is 4.57 Å². The van der Waals surface area contributed by atoms with Crippen LogP contribution < -0.4 is 0 Å². The molecule has 0 aliphatic carbocycles. The molecule has 6 nitrogen and oxygen atoms in total. The summed E-state index contributed by atoms with van der Waals surface area (Å²) in [6.45, 7) is 12.1. The van der Waals surface area contributed by atoms with Gasteiger partial charge < -0.3 is 14.0 Å². The molecule has 1 aromatic rings. The zero-order valence-corrected chi connectivity index (χ0v) is 16.5. The molecule has 0 spiro atoms. The van der Waals surface area contributed by atoms with Gasteiger partial charge in [0.1, 0.15) is 11.6 Å². The molecule has 0 saturated heterocycles. The van der Waals surface area contributed by atoms with Crippen molar-refractivity contribution in [1.29, 1.82) is 5.26 Å². The lowest BCUT2D eigenvalue weighted by atomic mass is 10.1.